The number of fused-ring (bicyclic) bond motifs is 12. The number of hydrogen-bond acceptors (Lipinski definition) is 0. The van der Waals surface area contributed by atoms with Gasteiger partial charge in [0.15, 0.2) is 0 Å². The Bertz CT molecular complexity index is 1970. The SMILES string of the molecule is CC1(C)c2ccccc2-c2c1c1c3ccccc3[nH]c1c1c3ccccc3n(-c3ccccc3)c21. The summed E-state index contributed by atoms with van der Waals surface area (Å²) in [5.41, 5.74) is 11.6. The van der Waals surface area contributed by atoms with Crippen LogP contribution < -0.4 is 0 Å². The van der Waals surface area contributed by atoms with Gasteiger partial charge in [-0.1, -0.05) is 92.7 Å². The highest BCUT2D eigenvalue weighted by atomic mass is 15.0. The van der Waals surface area contributed by atoms with Crippen LogP contribution in [0.5, 0.6) is 0 Å². The van der Waals surface area contributed by atoms with E-state index in [4.69, 9.17) is 0 Å². The van der Waals surface area contributed by atoms with Gasteiger partial charge in [-0.3, -0.25) is 0 Å². The van der Waals surface area contributed by atoms with Gasteiger partial charge < -0.3 is 9.55 Å². The molecule has 1 N–H and O–H groups in total. The summed E-state index contributed by atoms with van der Waals surface area (Å²) < 4.78 is 2.48. The van der Waals surface area contributed by atoms with Crippen molar-refractivity contribution in [3.63, 3.8) is 0 Å². The Morgan fingerprint density at radius 3 is 2.20 bits per heavy atom. The predicted octanol–water partition coefficient (Wildman–Crippen LogP) is 8.72. The van der Waals surface area contributed by atoms with Gasteiger partial charge in [-0.25, -0.2) is 0 Å². The van der Waals surface area contributed by atoms with Crippen LogP contribution >= 0.6 is 0 Å². The fourth-order valence-electron chi connectivity index (χ4n) is 6.68. The van der Waals surface area contributed by atoms with Gasteiger partial charge in [-0.15, -0.1) is 0 Å². The molecule has 2 nitrogen and oxygen atoms in total. The summed E-state index contributed by atoms with van der Waals surface area (Å²) in [6, 6.07) is 37.4. The molecule has 166 valence electrons. The summed E-state index contributed by atoms with van der Waals surface area (Å²) in [5.74, 6) is 0. The first kappa shape index (κ1) is 19.1. The number of nitrogens with zero attached hydrogens (tertiary/aromatic N) is 1. The standard InChI is InChI=1S/C33H24N2/c1-33(2)24-17-9-6-14-21(24)28-30(33)27-22-15-7-10-18-25(22)34-31(27)29-23-16-8-11-19-26(23)35(32(28)29)20-12-4-3-5-13-20/h3-19,34H,1-2H3. The Hall–Kier alpha value is -4.30. The molecule has 2 heterocycles. The van der Waals surface area contributed by atoms with E-state index in [1.807, 2.05) is 0 Å². The van der Waals surface area contributed by atoms with Crippen LogP contribution in [0.4, 0.5) is 0 Å². The number of H-pyrrole nitrogens is 1. The minimum Gasteiger partial charge on any atom is -0.354 e. The summed E-state index contributed by atoms with van der Waals surface area (Å²) in [6.07, 6.45) is 0. The maximum atomic E-state index is 3.86. The molecule has 0 saturated heterocycles. The second kappa shape index (κ2) is 6.43. The molecule has 1 aliphatic rings. The second-order valence-electron chi connectivity index (χ2n) is 10.3. The van der Waals surface area contributed by atoms with Crippen molar-refractivity contribution in [1.29, 1.82) is 0 Å². The molecule has 0 radical (unpaired) electrons. The van der Waals surface area contributed by atoms with Gasteiger partial charge in [0.05, 0.1) is 16.6 Å². The van der Waals surface area contributed by atoms with E-state index < -0.39 is 0 Å². The first-order valence-electron chi connectivity index (χ1n) is 12.3. The molecule has 2 aromatic heterocycles. The monoisotopic (exact) mass is 448 g/mol. The maximum Gasteiger partial charge on any atom is 0.0644 e. The highest BCUT2D eigenvalue weighted by molar-refractivity contribution is 6.30. The number of para-hydroxylation sites is 3. The fraction of sp³-hybridized carbons (Fsp3) is 0.0909. The average molecular weight is 449 g/mol. The zero-order chi connectivity index (χ0) is 23.3. The Labute approximate surface area is 203 Å². The van der Waals surface area contributed by atoms with E-state index >= 15 is 0 Å². The third-order valence-corrected chi connectivity index (χ3v) is 8.08. The van der Waals surface area contributed by atoms with E-state index in [-0.39, 0.29) is 5.41 Å². The lowest BCUT2D eigenvalue weighted by molar-refractivity contribution is 0.667. The quantitative estimate of drug-likeness (QED) is 0.259. The van der Waals surface area contributed by atoms with Crippen molar-refractivity contribution in [3.8, 4) is 16.8 Å². The van der Waals surface area contributed by atoms with Crippen molar-refractivity contribution in [2.24, 2.45) is 0 Å². The van der Waals surface area contributed by atoms with Crippen molar-refractivity contribution >= 4 is 43.6 Å². The number of rotatable bonds is 1. The Kier molecular flexibility index (Phi) is 3.50. The Morgan fingerprint density at radius 1 is 0.657 bits per heavy atom. The topological polar surface area (TPSA) is 20.7 Å². The summed E-state index contributed by atoms with van der Waals surface area (Å²) in [5, 5.41) is 5.26. The molecule has 0 amide bonds. The van der Waals surface area contributed by atoms with Gasteiger partial charge in [0, 0.05) is 43.7 Å². The average Bonchev–Trinajstić information content (AvgIpc) is 3.51. The van der Waals surface area contributed by atoms with Gasteiger partial charge in [0.2, 0.25) is 0 Å². The van der Waals surface area contributed by atoms with Crippen LogP contribution in [-0.4, -0.2) is 9.55 Å². The summed E-state index contributed by atoms with van der Waals surface area (Å²) in [6.45, 7) is 4.78. The molecule has 0 atom stereocenters. The first-order chi connectivity index (χ1) is 17.2. The molecular formula is C33H24N2. The summed E-state index contributed by atoms with van der Waals surface area (Å²) >= 11 is 0. The van der Waals surface area contributed by atoms with Crippen molar-refractivity contribution in [2.75, 3.05) is 0 Å². The summed E-state index contributed by atoms with van der Waals surface area (Å²) in [7, 11) is 0. The molecule has 0 fully saturated rings. The molecule has 0 bridgehead atoms. The fourth-order valence-corrected chi connectivity index (χ4v) is 6.68. The molecule has 5 aromatic carbocycles. The van der Waals surface area contributed by atoms with Crippen molar-refractivity contribution in [2.45, 2.75) is 19.3 Å². The Balaban J connectivity index is 1.76. The van der Waals surface area contributed by atoms with E-state index in [9.17, 15) is 0 Å². The van der Waals surface area contributed by atoms with Crippen LogP contribution in [0.25, 0.3) is 60.4 Å². The molecule has 0 aliphatic heterocycles. The normalized spacial score (nSPS) is 14.2. The van der Waals surface area contributed by atoms with Crippen molar-refractivity contribution in [1.82, 2.24) is 9.55 Å². The molecule has 7 aromatic rings. The first-order valence-corrected chi connectivity index (χ1v) is 12.3. The third-order valence-electron chi connectivity index (χ3n) is 8.08. The van der Waals surface area contributed by atoms with Gasteiger partial charge in [0.25, 0.3) is 0 Å². The number of aromatic nitrogens is 2. The highest BCUT2D eigenvalue weighted by Crippen LogP contribution is 2.57. The van der Waals surface area contributed by atoms with Crippen LogP contribution in [-0.2, 0) is 5.41 Å². The van der Waals surface area contributed by atoms with Gasteiger partial charge in [0.1, 0.15) is 0 Å². The zero-order valence-electron chi connectivity index (χ0n) is 19.8. The van der Waals surface area contributed by atoms with Gasteiger partial charge in [-0.2, -0.15) is 0 Å². The zero-order valence-corrected chi connectivity index (χ0v) is 19.8. The molecule has 0 unspecified atom stereocenters. The third kappa shape index (κ3) is 2.25. The van der Waals surface area contributed by atoms with E-state index in [0.717, 1.165) is 0 Å². The van der Waals surface area contributed by atoms with Gasteiger partial charge >= 0.3 is 0 Å². The van der Waals surface area contributed by atoms with Crippen LogP contribution in [0.15, 0.2) is 103 Å². The number of nitrogens with one attached hydrogen (secondary N) is 1. The largest absolute Gasteiger partial charge is 0.354 e. The molecule has 0 spiro atoms. The lowest BCUT2D eigenvalue weighted by atomic mass is 9.80. The molecule has 2 heteroatoms. The van der Waals surface area contributed by atoms with Crippen molar-refractivity contribution in [3.05, 3.63) is 114 Å². The highest BCUT2D eigenvalue weighted by Gasteiger charge is 2.40. The molecule has 8 rings (SSSR count). The predicted molar refractivity (Wildman–Crippen MR) is 148 cm³/mol. The minimum atomic E-state index is -0.110. The number of benzene rings is 5. The maximum absolute atomic E-state index is 3.86. The molecule has 1 aliphatic carbocycles. The van der Waals surface area contributed by atoms with E-state index in [0.29, 0.717) is 0 Å². The van der Waals surface area contributed by atoms with E-state index in [1.165, 1.54) is 71.6 Å². The van der Waals surface area contributed by atoms with E-state index in [1.54, 1.807) is 0 Å². The molecule has 35 heavy (non-hydrogen) atoms. The number of hydrogen-bond donors (Lipinski definition) is 1. The second-order valence-corrected chi connectivity index (χ2v) is 10.3. The van der Waals surface area contributed by atoms with Crippen LogP contribution in [0.1, 0.15) is 25.0 Å². The lowest BCUT2D eigenvalue weighted by Gasteiger charge is -2.23. The molecular weight excluding hydrogens is 424 g/mol. The van der Waals surface area contributed by atoms with Gasteiger partial charge in [-0.05, 0) is 41.0 Å². The van der Waals surface area contributed by atoms with Crippen LogP contribution in [0.3, 0.4) is 0 Å². The van der Waals surface area contributed by atoms with E-state index in [2.05, 4.69) is 127 Å². The summed E-state index contributed by atoms with van der Waals surface area (Å²) in [4.78, 5) is 3.86. The van der Waals surface area contributed by atoms with Crippen LogP contribution in [0.2, 0.25) is 0 Å². The minimum absolute atomic E-state index is 0.110. The molecule has 0 saturated carbocycles. The van der Waals surface area contributed by atoms with Crippen molar-refractivity contribution < 1.29 is 0 Å². The lowest BCUT2D eigenvalue weighted by Crippen LogP contribution is -2.15. The number of aromatic amines is 1. The van der Waals surface area contributed by atoms with Crippen LogP contribution in [0, 0.1) is 0 Å². The smallest absolute Gasteiger partial charge is 0.0644 e. The Morgan fingerprint density at radius 2 is 1.34 bits per heavy atom.